The summed E-state index contributed by atoms with van der Waals surface area (Å²) in [5, 5.41) is 2.57. The zero-order chi connectivity index (χ0) is 21.0. The highest BCUT2D eigenvalue weighted by atomic mass is 35.5. The van der Waals surface area contributed by atoms with Gasteiger partial charge in [-0.2, -0.15) is 0 Å². The Kier molecular flexibility index (Phi) is 6.13. The number of ether oxygens (including phenoxy) is 1. The van der Waals surface area contributed by atoms with Gasteiger partial charge in [0, 0.05) is 12.4 Å². The summed E-state index contributed by atoms with van der Waals surface area (Å²) in [5.74, 6) is -0.753. The van der Waals surface area contributed by atoms with Crippen molar-refractivity contribution in [3.8, 4) is 11.4 Å². The zero-order valence-corrected chi connectivity index (χ0v) is 16.1. The monoisotopic (exact) mass is 417 g/mol. The quantitative estimate of drug-likeness (QED) is 0.625. The van der Waals surface area contributed by atoms with Crippen molar-refractivity contribution < 1.29 is 13.9 Å². The van der Waals surface area contributed by atoms with Gasteiger partial charge in [-0.05, 0) is 37.3 Å². The molecule has 3 aromatic rings. The van der Waals surface area contributed by atoms with E-state index in [1.807, 2.05) is 0 Å². The number of carbonyl (C=O) groups excluding carboxylic acids is 1. The number of amides is 1. The Bertz CT molecular complexity index is 1170. The van der Waals surface area contributed by atoms with Crippen molar-refractivity contribution in [1.82, 2.24) is 9.13 Å². The minimum absolute atomic E-state index is 0.0729. The number of para-hydroxylation sites is 2. The van der Waals surface area contributed by atoms with E-state index < -0.39 is 29.4 Å². The van der Waals surface area contributed by atoms with Gasteiger partial charge >= 0.3 is 11.1 Å². The Morgan fingerprint density at radius 1 is 1.14 bits per heavy atom. The smallest absolute Gasteiger partial charge is 0.321 e. The molecule has 0 fully saturated rings. The molecule has 0 unspecified atom stereocenters. The van der Waals surface area contributed by atoms with E-state index in [-0.39, 0.29) is 10.7 Å². The topological polar surface area (TPSA) is 82.3 Å². The molecule has 0 saturated heterocycles. The molecule has 0 radical (unpaired) electrons. The summed E-state index contributed by atoms with van der Waals surface area (Å²) in [5.41, 5.74) is -1.24. The number of carbonyl (C=O) groups is 1. The highest BCUT2D eigenvalue weighted by molar-refractivity contribution is 6.33. The molecule has 9 heteroatoms. The molecule has 0 atom stereocenters. The molecule has 0 aliphatic heterocycles. The van der Waals surface area contributed by atoms with Crippen LogP contribution in [0.3, 0.4) is 0 Å². The van der Waals surface area contributed by atoms with Gasteiger partial charge in [-0.1, -0.05) is 23.7 Å². The van der Waals surface area contributed by atoms with Crippen LogP contribution < -0.4 is 21.2 Å². The van der Waals surface area contributed by atoms with Crippen LogP contribution in [0.25, 0.3) is 5.69 Å². The maximum atomic E-state index is 13.3. The summed E-state index contributed by atoms with van der Waals surface area (Å²) in [4.78, 5) is 37.2. The van der Waals surface area contributed by atoms with Crippen molar-refractivity contribution >= 4 is 23.2 Å². The molecule has 0 bridgehead atoms. The molecule has 0 aliphatic rings. The van der Waals surface area contributed by atoms with E-state index in [4.69, 9.17) is 16.3 Å². The molecule has 7 nitrogen and oxygen atoms in total. The summed E-state index contributed by atoms with van der Waals surface area (Å²) >= 11 is 5.91. The third-order valence-corrected chi connectivity index (χ3v) is 4.33. The van der Waals surface area contributed by atoms with E-state index in [2.05, 4.69) is 5.32 Å². The lowest BCUT2D eigenvalue weighted by molar-refractivity contribution is -0.116. The van der Waals surface area contributed by atoms with Gasteiger partial charge in [-0.25, -0.2) is 4.39 Å². The van der Waals surface area contributed by atoms with Crippen LogP contribution in [0.2, 0.25) is 5.02 Å². The SMILES string of the molecule is CCOc1ccccc1-n1ccn(CC(=O)Nc2cc(F)ccc2Cl)c(=O)c1=O. The molecular formula is C20H17ClFN3O4. The Labute approximate surface area is 169 Å². The van der Waals surface area contributed by atoms with Crippen LogP contribution in [0.1, 0.15) is 6.92 Å². The third-order valence-electron chi connectivity index (χ3n) is 4.00. The lowest BCUT2D eigenvalue weighted by Gasteiger charge is -2.13. The van der Waals surface area contributed by atoms with E-state index in [0.29, 0.717) is 18.0 Å². The lowest BCUT2D eigenvalue weighted by Crippen LogP contribution is -2.41. The Morgan fingerprint density at radius 3 is 2.66 bits per heavy atom. The van der Waals surface area contributed by atoms with Gasteiger partial charge in [0.05, 0.1) is 23.0 Å². The van der Waals surface area contributed by atoms with Crippen molar-refractivity contribution in [2.24, 2.45) is 0 Å². The maximum Gasteiger partial charge on any atom is 0.321 e. The van der Waals surface area contributed by atoms with E-state index in [1.165, 1.54) is 18.5 Å². The predicted octanol–water partition coefficient (Wildman–Crippen LogP) is 2.83. The summed E-state index contributed by atoms with van der Waals surface area (Å²) < 4.78 is 20.9. The molecule has 0 spiro atoms. The fourth-order valence-electron chi connectivity index (χ4n) is 2.69. The molecule has 1 N–H and O–H groups in total. The van der Waals surface area contributed by atoms with Crippen LogP contribution in [0.5, 0.6) is 5.75 Å². The van der Waals surface area contributed by atoms with Crippen LogP contribution in [0, 0.1) is 5.82 Å². The molecule has 150 valence electrons. The minimum atomic E-state index is -0.890. The number of anilines is 1. The van der Waals surface area contributed by atoms with Crippen molar-refractivity contribution in [1.29, 1.82) is 0 Å². The summed E-state index contributed by atoms with van der Waals surface area (Å²) in [6.45, 7) is 1.77. The lowest BCUT2D eigenvalue weighted by atomic mass is 10.3. The van der Waals surface area contributed by atoms with Gasteiger partial charge < -0.3 is 10.1 Å². The number of hydrogen-bond donors (Lipinski definition) is 1. The van der Waals surface area contributed by atoms with Gasteiger partial charge in [0.15, 0.2) is 0 Å². The molecule has 3 rings (SSSR count). The van der Waals surface area contributed by atoms with Crippen LogP contribution >= 0.6 is 11.6 Å². The third kappa shape index (κ3) is 4.55. The first kappa shape index (κ1) is 20.3. The first-order valence-electron chi connectivity index (χ1n) is 8.70. The predicted molar refractivity (Wildman–Crippen MR) is 108 cm³/mol. The van der Waals surface area contributed by atoms with Crippen molar-refractivity contribution in [3.05, 3.63) is 86.4 Å². The van der Waals surface area contributed by atoms with Gasteiger partial charge in [0.2, 0.25) is 5.91 Å². The van der Waals surface area contributed by atoms with Gasteiger partial charge in [-0.15, -0.1) is 0 Å². The molecule has 29 heavy (non-hydrogen) atoms. The Balaban J connectivity index is 1.87. The zero-order valence-electron chi connectivity index (χ0n) is 15.4. The normalized spacial score (nSPS) is 10.6. The van der Waals surface area contributed by atoms with Crippen molar-refractivity contribution in [2.45, 2.75) is 13.5 Å². The summed E-state index contributed by atoms with van der Waals surface area (Å²) in [6, 6.07) is 10.3. The van der Waals surface area contributed by atoms with Crippen LogP contribution in [-0.2, 0) is 11.3 Å². The van der Waals surface area contributed by atoms with Gasteiger partial charge in [0.1, 0.15) is 18.1 Å². The number of nitrogens with one attached hydrogen (secondary N) is 1. The molecule has 1 heterocycles. The number of hydrogen-bond acceptors (Lipinski definition) is 4. The molecule has 2 aromatic carbocycles. The average Bonchev–Trinajstić information content (AvgIpc) is 2.69. The van der Waals surface area contributed by atoms with E-state index >= 15 is 0 Å². The summed E-state index contributed by atoms with van der Waals surface area (Å²) in [7, 11) is 0. The second-order valence-electron chi connectivity index (χ2n) is 5.98. The number of rotatable bonds is 6. The first-order valence-corrected chi connectivity index (χ1v) is 9.07. The second-order valence-corrected chi connectivity index (χ2v) is 6.39. The minimum Gasteiger partial charge on any atom is -0.492 e. The number of aromatic nitrogens is 2. The largest absolute Gasteiger partial charge is 0.492 e. The van der Waals surface area contributed by atoms with Crippen LogP contribution in [0.15, 0.2) is 64.4 Å². The summed E-state index contributed by atoms with van der Waals surface area (Å²) in [6.07, 6.45) is 2.70. The number of nitrogens with zero attached hydrogens (tertiary/aromatic N) is 2. The fourth-order valence-corrected chi connectivity index (χ4v) is 2.86. The van der Waals surface area contributed by atoms with Crippen LogP contribution in [0.4, 0.5) is 10.1 Å². The van der Waals surface area contributed by atoms with Crippen molar-refractivity contribution in [2.75, 3.05) is 11.9 Å². The second kappa shape index (κ2) is 8.74. The highest BCUT2D eigenvalue weighted by Crippen LogP contribution is 2.22. The number of benzene rings is 2. The molecular weight excluding hydrogens is 401 g/mol. The van der Waals surface area contributed by atoms with E-state index in [0.717, 1.165) is 21.3 Å². The number of halogens is 2. The molecule has 1 amide bonds. The average molecular weight is 418 g/mol. The Morgan fingerprint density at radius 2 is 1.90 bits per heavy atom. The molecule has 0 saturated carbocycles. The van der Waals surface area contributed by atoms with Crippen LogP contribution in [-0.4, -0.2) is 21.6 Å². The van der Waals surface area contributed by atoms with E-state index in [9.17, 15) is 18.8 Å². The standard InChI is InChI=1S/C20H17ClFN3O4/c1-2-29-17-6-4-3-5-16(17)25-10-9-24(19(27)20(25)28)12-18(26)23-15-11-13(22)7-8-14(15)21/h3-11H,2,12H2,1H3,(H,23,26). The van der Waals surface area contributed by atoms with Crippen molar-refractivity contribution in [3.63, 3.8) is 0 Å². The maximum absolute atomic E-state index is 13.3. The first-order chi connectivity index (χ1) is 13.9. The molecule has 1 aromatic heterocycles. The van der Waals surface area contributed by atoms with E-state index in [1.54, 1.807) is 31.2 Å². The van der Waals surface area contributed by atoms with Gasteiger partial charge in [0.25, 0.3) is 0 Å². The molecule has 0 aliphatic carbocycles. The van der Waals surface area contributed by atoms with Gasteiger partial charge in [-0.3, -0.25) is 23.5 Å². The fraction of sp³-hybridized carbons (Fsp3) is 0.150. The highest BCUT2D eigenvalue weighted by Gasteiger charge is 2.13. The Hall–Kier alpha value is -3.39.